The molecule has 2 aliphatic rings. The van der Waals surface area contributed by atoms with Crippen molar-refractivity contribution in [2.24, 2.45) is 9.98 Å². The fourth-order valence-corrected chi connectivity index (χ4v) is 10.8. The average molecular weight is 877 g/mol. The first-order valence-electron chi connectivity index (χ1n) is 23.7. The standard InChI is InChI=1S/C67H44N2/c1-42(44-27-29-47(30-28-44)45-15-5-3-6-16-45)68-67(49-33-31-48(32-34-49)46-17-7-4-8-18-46)69-43(2)50-39-51(53-35-37-63-57-21-11-9-19-55(57)61-25-13-23-59(53)65(61)63)41-52(40-50)54-36-38-64-58-22-12-10-20-56(58)62-26-14-24-60(54)66(62)64/h3-41H,2H2,1H3. The molecule has 0 radical (unpaired) electrons. The third-order valence-corrected chi connectivity index (χ3v) is 14.2. The van der Waals surface area contributed by atoms with E-state index in [9.17, 15) is 0 Å². The van der Waals surface area contributed by atoms with Crippen LogP contribution in [0.25, 0.3) is 116 Å². The fraction of sp³-hybridized carbons (Fsp3) is 0.0149. The molecule has 0 bridgehead atoms. The molecule has 11 aromatic rings. The lowest BCUT2D eigenvalue weighted by Crippen LogP contribution is -2.04. The van der Waals surface area contributed by atoms with Gasteiger partial charge in [0.25, 0.3) is 0 Å². The molecule has 0 aliphatic heterocycles. The highest BCUT2D eigenvalue weighted by Gasteiger charge is 2.25. The fourth-order valence-electron chi connectivity index (χ4n) is 10.8. The molecule has 0 saturated heterocycles. The zero-order chi connectivity index (χ0) is 46.0. The molecule has 0 spiro atoms. The number of aliphatic imine (C=N–C) groups is 2. The Morgan fingerprint density at radius 2 is 0.667 bits per heavy atom. The molecule has 322 valence electrons. The topological polar surface area (TPSA) is 24.7 Å². The van der Waals surface area contributed by atoms with E-state index in [0.29, 0.717) is 11.5 Å². The van der Waals surface area contributed by atoms with E-state index in [0.717, 1.165) is 50.2 Å². The lowest BCUT2D eigenvalue weighted by molar-refractivity contribution is 1.44. The smallest absolute Gasteiger partial charge is 0.160 e. The van der Waals surface area contributed by atoms with Crippen molar-refractivity contribution < 1.29 is 0 Å². The third kappa shape index (κ3) is 6.88. The molecule has 0 unspecified atom stereocenters. The number of hydrogen-bond acceptors (Lipinski definition) is 1. The predicted molar refractivity (Wildman–Crippen MR) is 293 cm³/mol. The van der Waals surface area contributed by atoms with Crippen molar-refractivity contribution in [2.75, 3.05) is 0 Å². The van der Waals surface area contributed by atoms with Crippen molar-refractivity contribution >= 4 is 38.8 Å². The van der Waals surface area contributed by atoms with Crippen LogP contribution in [-0.4, -0.2) is 11.5 Å². The molecule has 2 nitrogen and oxygen atoms in total. The van der Waals surface area contributed by atoms with E-state index in [2.05, 4.69) is 231 Å². The van der Waals surface area contributed by atoms with E-state index in [-0.39, 0.29) is 0 Å². The molecular formula is C67H44N2. The van der Waals surface area contributed by atoms with Gasteiger partial charge in [0.1, 0.15) is 0 Å². The molecule has 0 amide bonds. The highest BCUT2D eigenvalue weighted by Crippen LogP contribution is 2.51. The number of amidine groups is 1. The monoisotopic (exact) mass is 876 g/mol. The second kappa shape index (κ2) is 16.4. The van der Waals surface area contributed by atoms with E-state index in [1.54, 1.807) is 0 Å². The van der Waals surface area contributed by atoms with Crippen LogP contribution in [0.15, 0.2) is 253 Å². The van der Waals surface area contributed by atoms with Crippen LogP contribution in [0.2, 0.25) is 0 Å². The second-order valence-electron chi connectivity index (χ2n) is 18.1. The first-order chi connectivity index (χ1) is 34.0. The van der Waals surface area contributed by atoms with Crippen molar-refractivity contribution in [1.29, 1.82) is 0 Å². The minimum absolute atomic E-state index is 0.599. The maximum atomic E-state index is 5.41. The van der Waals surface area contributed by atoms with Gasteiger partial charge in [-0.05, 0) is 141 Å². The van der Waals surface area contributed by atoms with Gasteiger partial charge in [0.05, 0.1) is 5.70 Å². The Kier molecular flexibility index (Phi) is 9.59. The van der Waals surface area contributed by atoms with E-state index >= 15 is 0 Å². The normalized spacial score (nSPS) is 12.4. The predicted octanol–water partition coefficient (Wildman–Crippen LogP) is 17.9. The first-order valence-corrected chi connectivity index (χ1v) is 23.7. The van der Waals surface area contributed by atoms with Crippen LogP contribution >= 0.6 is 0 Å². The maximum Gasteiger partial charge on any atom is 0.160 e. The molecule has 2 heteroatoms. The van der Waals surface area contributed by atoms with Crippen molar-refractivity contribution in [3.8, 4) is 89.0 Å². The molecule has 13 rings (SSSR count). The second-order valence-corrected chi connectivity index (χ2v) is 18.1. The third-order valence-electron chi connectivity index (χ3n) is 14.2. The molecule has 69 heavy (non-hydrogen) atoms. The first kappa shape index (κ1) is 40.3. The van der Waals surface area contributed by atoms with Crippen LogP contribution in [0.3, 0.4) is 0 Å². The number of benzene rings is 11. The van der Waals surface area contributed by atoms with Gasteiger partial charge in [-0.15, -0.1) is 0 Å². The molecule has 2 aliphatic carbocycles. The van der Waals surface area contributed by atoms with Crippen molar-refractivity contribution in [1.82, 2.24) is 0 Å². The molecule has 0 fully saturated rings. The molecule has 11 aromatic carbocycles. The van der Waals surface area contributed by atoms with Gasteiger partial charge in [0.2, 0.25) is 0 Å². The van der Waals surface area contributed by atoms with Crippen molar-refractivity contribution in [3.05, 3.63) is 260 Å². The number of nitrogens with zero attached hydrogens (tertiary/aromatic N) is 2. The Balaban J connectivity index is 0.981. The van der Waals surface area contributed by atoms with E-state index in [1.807, 2.05) is 12.1 Å². The summed E-state index contributed by atoms with van der Waals surface area (Å²) in [5.74, 6) is 0.599. The Morgan fingerprint density at radius 1 is 0.290 bits per heavy atom. The lowest BCUT2D eigenvalue weighted by atomic mass is 9.89. The molecule has 0 N–H and O–H groups in total. The number of rotatable bonds is 8. The van der Waals surface area contributed by atoms with Crippen LogP contribution in [0.5, 0.6) is 0 Å². The number of hydrogen-bond donors (Lipinski definition) is 0. The highest BCUT2D eigenvalue weighted by molar-refractivity contribution is 6.21. The summed E-state index contributed by atoms with van der Waals surface area (Å²) in [4.78, 5) is 10.7. The molecular weight excluding hydrogens is 833 g/mol. The van der Waals surface area contributed by atoms with Gasteiger partial charge in [-0.3, -0.25) is 0 Å². The lowest BCUT2D eigenvalue weighted by Gasteiger charge is -2.16. The summed E-state index contributed by atoms with van der Waals surface area (Å²) in [6, 6.07) is 85.3. The van der Waals surface area contributed by atoms with E-state index in [1.165, 1.54) is 82.7 Å². The summed E-state index contributed by atoms with van der Waals surface area (Å²) in [7, 11) is 0. The van der Waals surface area contributed by atoms with Crippen LogP contribution in [0.1, 0.15) is 23.6 Å². The summed E-state index contributed by atoms with van der Waals surface area (Å²) < 4.78 is 0. The van der Waals surface area contributed by atoms with Gasteiger partial charge in [0, 0.05) is 16.8 Å². The summed E-state index contributed by atoms with van der Waals surface area (Å²) in [6.07, 6.45) is 0. The molecule has 0 saturated carbocycles. The Morgan fingerprint density at radius 3 is 1.13 bits per heavy atom. The summed E-state index contributed by atoms with van der Waals surface area (Å²) >= 11 is 0. The highest BCUT2D eigenvalue weighted by atomic mass is 14.9. The quantitative estimate of drug-likeness (QED) is 0.107. The Labute approximate surface area is 402 Å². The van der Waals surface area contributed by atoms with E-state index < -0.39 is 0 Å². The molecule has 0 heterocycles. The summed E-state index contributed by atoms with van der Waals surface area (Å²) in [5.41, 5.74) is 23.8. The van der Waals surface area contributed by atoms with Gasteiger partial charge in [-0.1, -0.05) is 225 Å². The summed E-state index contributed by atoms with van der Waals surface area (Å²) in [6.45, 7) is 6.81. The van der Waals surface area contributed by atoms with Gasteiger partial charge >= 0.3 is 0 Å². The van der Waals surface area contributed by atoms with E-state index in [4.69, 9.17) is 16.6 Å². The Hall–Kier alpha value is -8.98. The molecule has 0 aromatic heterocycles. The van der Waals surface area contributed by atoms with Gasteiger partial charge in [-0.2, -0.15) is 0 Å². The number of fused-ring (bicyclic) bond motifs is 6. The zero-order valence-electron chi connectivity index (χ0n) is 38.1. The van der Waals surface area contributed by atoms with Crippen LogP contribution in [0.4, 0.5) is 0 Å². The summed E-state index contributed by atoms with van der Waals surface area (Å²) in [5, 5.41) is 5.05. The largest absolute Gasteiger partial charge is 0.233 e. The van der Waals surface area contributed by atoms with Gasteiger partial charge in [-0.25, -0.2) is 9.98 Å². The van der Waals surface area contributed by atoms with Crippen LogP contribution < -0.4 is 0 Å². The molecule has 0 atom stereocenters. The van der Waals surface area contributed by atoms with Crippen LogP contribution in [-0.2, 0) is 0 Å². The van der Waals surface area contributed by atoms with Crippen LogP contribution in [0, 0.1) is 0 Å². The van der Waals surface area contributed by atoms with Crippen molar-refractivity contribution in [2.45, 2.75) is 6.92 Å². The Bertz CT molecular complexity index is 3720. The zero-order valence-corrected chi connectivity index (χ0v) is 38.1. The minimum Gasteiger partial charge on any atom is -0.233 e. The van der Waals surface area contributed by atoms with Crippen molar-refractivity contribution in [3.63, 3.8) is 0 Å². The maximum absolute atomic E-state index is 5.41. The van der Waals surface area contributed by atoms with Gasteiger partial charge < -0.3 is 0 Å². The SMILES string of the molecule is C=C(N=C(N=C(C)c1ccc(-c2ccccc2)cc1)c1ccc(-c2ccccc2)cc1)c1cc(-c2ccc3c4c(cccc24)-c2ccccc2-3)cc(-c2ccc3c4c(cccc24)-c2ccccc2-3)c1. The van der Waals surface area contributed by atoms with Gasteiger partial charge in [0.15, 0.2) is 5.84 Å². The minimum atomic E-state index is 0.599. The average Bonchev–Trinajstić information content (AvgIpc) is 3.93.